The third-order valence-electron chi connectivity index (χ3n) is 2.35. The van der Waals surface area contributed by atoms with E-state index >= 15 is 0 Å². The van der Waals surface area contributed by atoms with Crippen molar-refractivity contribution in [3.63, 3.8) is 0 Å². The first-order valence-electron chi connectivity index (χ1n) is 5.67. The Balaban J connectivity index is 2.93. The number of nitrogens with one attached hydrogen (secondary N) is 2. The van der Waals surface area contributed by atoms with Crippen LogP contribution in [0.5, 0.6) is 0 Å². The first kappa shape index (κ1) is 14.0. The molecule has 1 amide bonds. The SMILES string of the molecule is CCNC(=O)CNc1nc(C)cc(C)c1C(=O)O. The van der Waals surface area contributed by atoms with E-state index in [1.807, 2.05) is 6.92 Å². The topological polar surface area (TPSA) is 91.3 Å². The molecule has 0 atom stereocenters. The third kappa shape index (κ3) is 3.44. The smallest absolute Gasteiger partial charge is 0.339 e. The number of aromatic carboxylic acids is 1. The standard InChI is InChI=1S/C12H17N3O3/c1-4-13-9(16)6-14-11-10(12(17)18)7(2)5-8(3)15-11/h5H,4,6H2,1-3H3,(H,13,16)(H,14,15)(H,17,18). The Morgan fingerprint density at radius 2 is 2.06 bits per heavy atom. The minimum Gasteiger partial charge on any atom is -0.478 e. The van der Waals surface area contributed by atoms with E-state index < -0.39 is 5.97 Å². The molecule has 0 unspecified atom stereocenters. The van der Waals surface area contributed by atoms with Crippen molar-refractivity contribution in [3.8, 4) is 0 Å². The van der Waals surface area contributed by atoms with Gasteiger partial charge in [0.1, 0.15) is 11.4 Å². The van der Waals surface area contributed by atoms with Crippen molar-refractivity contribution in [2.45, 2.75) is 20.8 Å². The van der Waals surface area contributed by atoms with Crippen molar-refractivity contribution in [2.24, 2.45) is 0 Å². The van der Waals surface area contributed by atoms with E-state index in [9.17, 15) is 9.59 Å². The average Bonchev–Trinajstić information content (AvgIpc) is 2.25. The Kier molecular flexibility index (Phi) is 4.65. The van der Waals surface area contributed by atoms with Gasteiger partial charge in [0.2, 0.25) is 5.91 Å². The molecule has 3 N–H and O–H groups in total. The number of aromatic nitrogens is 1. The van der Waals surface area contributed by atoms with Crippen molar-refractivity contribution < 1.29 is 14.7 Å². The number of carbonyl (C=O) groups is 2. The van der Waals surface area contributed by atoms with Crippen LogP contribution in [0.3, 0.4) is 0 Å². The fourth-order valence-corrected chi connectivity index (χ4v) is 1.66. The maximum atomic E-state index is 11.3. The van der Waals surface area contributed by atoms with Crippen molar-refractivity contribution in [1.29, 1.82) is 0 Å². The molecule has 6 heteroatoms. The van der Waals surface area contributed by atoms with Crippen molar-refractivity contribution in [1.82, 2.24) is 10.3 Å². The highest BCUT2D eigenvalue weighted by atomic mass is 16.4. The molecule has 0 bridgehead atoms. The van der Waals surface area contributed by atoms with Crippen LogP contribution >= 0.6 is 0 Å². The molecule has 0 aliphatic carbocycles. The number of carbonyl (C=O) groups excluding carboxylic acids is 1. The summed E-state index contributed by atoms with van der Waals surface area (Å²) in [5, 5.41) is 14.5. The molecule has 0 saturated carbocycles. The zero-order valence-electron chi connectivity index (χ0n) is 10.7. The van der Waals surface area contributed by atoms with E-state index in [2.05, 4.69) is 15.6 Å². The monoisotopic (exact) mass is 251 g/mol. The van der Waals surface area contributed by atoms with Crippen LogP contribution in [0.25, 0.3) is 0 Å². The van der Waals surface area contributed by atoms with Crippen LogP contribution in [0.4, 0.5) is 5.82 Å². The second kappa shape index (κ2) is 6.00. The quantitative estimate of drug-likeness (QED) is 0.724. The maximum absolute atomic E-state index is 11.3. The molecule has 0 spiro atoms. The normalized spacial score (nSPS) is 9.94. The number of carboxylic acids is 1. The minimum atomic E-state index is -1.06. The molecule has 98 valence electrons. The number of hydrogen-bond donors (Lipinski definition) is 3. The van der Waals surface area contributed by atoms with Crippen LogP contribution < -0.4 is 10.6 Å². The van der Waals surface area contributed by atoms with Crippen LogP contribution in [-0.2, 0) is 4.79 Å². The van der Waals surface area contributed by atoms with Crippen LogP contribution in [-0.4, -0.2) is 35.1 Å². The van der Waals surface area contributed by atoms with Gasteiger partial charge in [-0.1, -0.05) is 0 Å². The summed E-state index contributed by atoms with van der Waals surface area (Å²) in [6.45, 7) is 5.83. The van der Waals surface area contributed by atoms with E-state index in [4.69, 9.17) is 5.11 Å². The van der Waals surface area contributed by atoms with E-state index in [-0.39, 0.29) is 23.8 Å². The van der Waals surface area contributed by atoms with Gasteiger partial charge in [-0.15, -0.1) is 0 Å². The molecule has 1 rings (SSSR count). The lowest BCUT2D eigenvalue weighted by atomic mass is 10.1. The first-order valence-corrected chi connectivity index (χ1v) is 5.67. The third-order valence-corrected chi connectivity index (χ3v) is 2.35. The maximum Gasteiger partial charge on any atom is 0.339 e. The lowest BCUT2D eigenvalue weighted by molar-refractivity contribution is -0.119. The molecule has 6 nitrogen and oxygen atoms in total. The summed E-state index contributed by atoms with van der Waals surface area (Å²) in [7, 11) is 0. The molecule has 1 aromatic rings. The number of anilines is 1. The molecule has 0 aliphatic rings. The van der Waals surface area contributed by atoms with E-state index in [0.717, 1.165) is 0 Å². The number of nitrogens with zero attached hydrogens (tertiary/aromatic N) is 1. The zero-order valence-corrected chi connectivity index (χ0v) is 10.7. The highest BCUT2D eigenvalue weighted by molar-refractivity contribution is 5.95. The van der Waals surface area contributed by atoms with Gasteiger partial charge in [-0.25, -0.2) is 9.78 Å². The average molecular weight is 251 g/mol. The summed E-state index contributed by atoms with van der Waals surface area (Å²) < 4.78 is 0. The lowest BCUT2D eigenvalue weighted by Gasteiger charge is -2.11. The highest BCUT2D eigenvalue weighted by Gasteiger charge is 2.16. The lowest BCUT2D eigenvalue weighted by Crippen LogP contribution is -2.30. The summed E-state index contributed by atoms with van der Waals surface area (Å²) >= 11 is 0. The van der Waals surface area contributed by atoms with Gasteiger partial charge in [0.15, 0.2) is 0 Å². The van der Waals surface area contributed by atoms with Gasteiger partial charge in [-0.2, -0.15) is 0 Å². The van der Waals surface area contributed by atoms with Gasteiger partial charge in [-0.05, 0) is 32.4 Å². The number of amides is 1. The van der Waals surface area contributed by atoms with Crippen LogP contribution in [0.15, 0.2) is 6.07 Å². The fourth-order valence-electron chi connectivity index (χ4n) is 1.66. The minimum absolute atomic E-state index is 0.00398. The Morgan fingerprint density at radius 1 is 1.39 bits per heavy atom. The highest BCUT2D eigenvalue weighted by Crippen LogP contribution is 2.18. The number of likely N-dealkylation sites (N-methyl/N-ethyl adjacent to an activating group) is 1. The Morgan fingerprint density at radius 3 is 2.61 bits per heavy atom. The van der Waals surface area contributed by atoms with Gasteiger partial charge in [0, 0.05) is 12.2 Å². The van der Waals surface area contributed by atoms with E-state index in [1.54, 1.807) is 19.9 Å². The van der Waals surface area contributed by atoms with Crippen LogP contribution in [0.1, 0.15) is 28.5 Å². The second-order valence-corrected chi connectivity index (χ2v) is 3.92. The fraction of sp³-hybridized carbons (Fsp3) is 0.417. The Labute approximate surface area is 105 Å². The predicted octanol–water partition coefficient (Wildman–Crippen LogP) is 0.945. The molecule has 0 radical (unpaired) electrons. The molecular formula is C12H17N3O3. The molecule has 0 aromatic carbocycles. The molecule has 0 aliphatic heterocycles. The summed E-state index contributed by atoms with van der Waals surface area (Å²) in [6.07, 6.45) is 0. The van der Waals surface area contributed by atoms with E-state index in [0.29, 0.717) is 17.8 Å². The molecule has 1 aromatic heterocycles. The number of hydrogen-bond acceptors (Lipinski definition) is 4. The number of rotatable bonds is 5. The molecule has 1 heterocycles. The summed E-state index contributed by atoms with van der Waals surface area (Å²) in [5.74, 6) is -1.03. The Hall–Kier alpha value is -2.11. The first-order chi connectivity index (χ1) is 8.45. The van der Waals surface area contributed by atoms with Crippen LogP contribution in [0.2, 0.25) is 0 Å². The van der Waals surface area contributed by atoms with Gasteiger partial charge >= 0.3 is 5.97 Å². The van der Waals surface area contributed by atoms with Gasteiger partial charge in [0.25, 0.3) is 0 Å². The van der Waals surface area contributed by atoms with Gasteiger partial charge in [-0.3, -0.25) is 4.79 Å². The Bertz CT molecular complexity index is 472. The molecule has 18 heavy (non-hydrogen) atoms. The second-order valence-electron chi connectivity index (χ2n) is 3.92. The predicted molar refractivity (Wildman–Crippen MR) is 67.8 cm³/mol. The molecular weight excluding hydrogens is 234 g/mol. The van der Waals surface area contributed by atoms with E-state index in [1.165, 1.54) is 0 Å². The van der Waals surface area contributed by atoms with Crippen molar-refractivity contribution in [3.05, 3.63) is 22.9 Å². The number of carboxylic acid groups (broad SMARTS) is 1. The molecule has 0 saturated heterocycles. The number of pyridine rings is 1. The van der Waals surface area contributed by atoms with Gasteiger partial charge < -0.3 is 15.7 Å². The summed E-state index contributed by atoms with van der Waals surface area (Å²) in [4.78, 5) is 26.6. The van der Waals surface area contributed by atoms with Gasteiger partial charge in [0.05, 0.1) is 6.54 Å². The van der Waals surface area contributed by atoms with Crippen molar-refractivity contribution >= 4 is 17.7 Å². The summed E-state index contributed by atoms with van der Waals surface area (Å²) in [6, 6.07) is 1.70. The molecule has 0 fully saturated rings. The number of aryl methyl sites for hydroxylation is 2. The summed E-state index contributed by atoms with van der Waals surface area (Å²) in [5.41, 5.74) is 1.43. The van der Waals surface area contributed by atoms with Crippen molar-refractivity contribution in [2.75, 3.05) is 18.4 Å². The largest absolute Gasteiger partial charge is 0.478 e. The van der Waals surface area contributed by atoms with Crippen LogP contribution in [0, 0.1) is 13.8 Å². The zero-order chi connectivity index (χ0) is 13.7.